The average Bonchev–Trinajstić information content (AvgIpc) is 3.51. The van der Waals surface area contributed by atoms with E-state index in [1.54, 1.807) is 6.20 Å². The second kappa shape index (κ2) is 6.49. The van der Waals surface area contributed by atoms with Crippen molar-refractivity contribution in [2.24, 2.45) is 5.92 Å². The van der Waals surface area contributed by atoms with Crippen molar-refractivity contribution >= 4 is 5.91 Å². The van der Waals surface area contributed by atoms with Gasteiger partial charge in [-0.2, -0.15) is 5.10 Å². The monoisotopic (exact) mass is 394 g/mol. The summed E-state index contributed by atoms with van der Waals surface area (Å²) in [5, 5.41) is 4.32. The molecule has 1 aromatic heterocycles. The molecule has 7 heteroatoms. The van der Waals surface area contributed by atoms with Gasteiger partial charge < -0.3 is 14.4 Å². The van der Waals surface area contributed by atoms with Crippen LogP contribution in [0.3, 0.4) is 0 Å². The predicted molar refractivity (Wildman–Crippen MR) is 106 cm³/mol. The van der Waals surface area contributed by atoms with Crippen molar-refractivity contribution in [1.29, 1.82) is 0 Å². The van der Waals surface area contributed by atoms with Crippen LogP contribution in [0.25, 0.3) is 0 Å². The second-order valence-electron chi connectivity index (χ2n) is 8.62. The lowest BCUT2D eigenvalue weighted by Crippen LogP contribution is -2.60. The minimum absolute atomic E-state index is 0.122. The van der Waals surface area contributed by atoms with Crippen molar-refractivity contribution in [3.05, 3.63) is 41.7 Å². The highest BCUT2D eigenvalue weighted by Crippen LogP contribution is 2.48. The Morgan fingerprint density at radius 3 is 2.79 bits per heavy atom. The van der Waals surface area contributed by atoms with Gasteiger partial charge in [0, 0.05) is 31.2 Å². The second-order valence-corrected chi connectivity index (χ2v) is 8.62. The Balaban J connectivity index is 1.37. The summed E-state index contributed by atoms with van der Waals surface area (Å²) in [5.74, 6) is 2.64. The quantitative estimate of drug-likeness (QED) is 0.800. The number of piperidine rings is 3. The molecule has 1 aromatic carbocycles. The van der Waals surface area contributed by atoms with Crippen LogP contribution in [-0.2, 0) is 6.54 Å². The molecule has 5 aliphatic heterocycles. The number of carbonyl (C=O) groups excluding carboxylic acids is 1. The smallest absolute Gasteiger partial charge is 0.257 e. The molecule has 152 valence electrons. The van der Waals surface area contributed by atoms with Gasteiger partial charge in [-0.05, 0) is 56.5 Å². The lowest BCUT2D eigenvalue weighted by molar-refractivity contribution is -0.00341. The number of rotatable bonds is 3. The molecule has 2 bridgehead atoms. The number of nitrogens with zero attached hydrogens (tertiary/aromatic N) is 4. The highest BCUT2D eigenvalue weighted by Gasteiger charge is 2.54. The molecular weight excluding hydrogens is 368 g/mol. The van der Waals surface area contributed by atoms with Crippen molar-refractivity contribution in [2.45, 2.75) is 44.3 Å². The van der Waals surface area contributed by atoms with Crippen molar-refractivity contribution in [3.8, 4) is 11.5 Å². The standard InChI is InChI=1S/C22H26N4O3/c1-2-25-11-16(10-23-25)22(27)26-12-17(15-3-4-18-19(9-15)29-13-28-18)21-20(26)14-5-7-24(21)8-6-14/h3-4,9-11,14,17,20-21H,2,5-8,12-13H2,1H3/t17-,20+,21+/m0/s1. The molecular formula is C22H26N4O3. The summed E-state index contributed by atoms with van der Waals surface area (Å²) in [6.45, 7) is 6.13. The Morgan fingerprint density at radius 1 is 1.17 bits per heavy atom. The Labute approximate surface area is 170 Å². The van der Waals surface area contributed by atoms with E-state index in [2.05, 4.69) is 27.0 Å². The van der Waals surface area contributed by atoms with Gasteiger partial charge in [0.05, 0.1) is 17.8 Å². The summed E-state index contributed by atoms with van der Waals surface area (Å²) in [6, 6.07) is 6.95. The van der Waals surface area contributed by atoms with E-state index >= 15 is 0 Å². The summed E-state index contributed by atoms with van der Waals surface area (Å²) in [7, 11) is 0. The molecule has 3 atom stereocenters. The molecule has 0 N–H and O–H groups in total. The van der Waals surface area contributed by atoms with Crippen molar-refractivity contribution in [3.63, 3.8) is 0 Å². The van der Waals surface area contributed by atoms with Gasteiger partial charge in [0.1, 0.15) is 0 Å². The fraction of sp³-hybridized carbons (Fsp3) is 0.545. The van der Waals surface area contributed by atoms with Crippen LogP contribution >= 0.6 is 0 Å². The van der Waals surface area contributed by atoms with E-state index < -0.39 is 0 Å². The zero-order valence-corrected chi connectivity index (χ0v) is 16.7. The van der Waals surface area contributed by atoms with Crippen LogP contribution < -0.4 is 9.47 Å². The summed E-state index contributed by atoms with van der Waals surface area (Å²) in [4.78, 5) is 18.2. The molecule has 0 saturated carbocycles. The summed E-state index contributed by atoms with van der Waals surface area (Å²) < 4.78 is 12.9. The van der Waals surface area contributed by atoms with E-state index in [0.29, 0.717) is 23.4 Å². The van der Waals surface area contributed by atoms with E-state index in [9.17, 15) is 4.79 Å². The van der Waals surface area contributed by atoms with E-state index in [0.717, 1.165) is 37.7 Å². The highest BCUT2D eigenvalue weighted by molar-refractivity contribution is 5.94. The number of ether oxygens (including phenoxy) is 2. The minimum Gasteiger partial charge on any atom is -0.454 e. The van der Waals surface area contributed by atoms with Crippen LogP contribution in [0.2, 0.25) is 0 Å². The Morgan fingerprint density at radius 2 is 2.00 bits per heavy atom. The summed E-state index contributed by atoms with van der Waals surface area (Å²) in [6.07, 6.45) is 5.97. The summed E-state index contributed by atoms with van der Waals surface area (Å²) >= 11 is 0. The zero-order valence-electron chi connectivity index (χ0n) is 16.7. The molecule has 5 aliphatic rings. The maximum absolute atomic E-state index is 13.5. The first-order chi connectivity index (χ1) is 14.2. The molecule has 7 nitrogen and oxygen atoms in total. The zero-order chi connectivity index (χ0) is 19.5. The van der Waals surface area contributed by atoms with Crippen LogP contribution in [0, 0.1) is 5.92 Å². The fourth-order valence-corrected chi connectivity index (χ4v) is 5.90. The number of hydrogen-bond acceptors (Lipinski definition) is 5. The molecule has 2 aromatic rings. The lowest BCUT2D eigenvalue weighted by atomic mass is 9.75. The van der Waals surface area contributed by atoms with E-state index in [4.69, 9.17) is 9.47 Å². The molecule has 0 unspecified atom stereocenters. The molecule has 4 fully saturated rings. The van der Waals surface area contributed by atoms with Gasteiger partial charge in [0.15, 0.2) is 11.5 Å². The summed E-state index contributed by atoms with van der Waals surface area (Å²) in [5.41, 5.74) is 1.95. The van der Waals surface area contributed by atoms with Crippen molar-refractivity contribution in [2.75, 3.05) is 26.4 Å². The van der Waals surface area contributed by atoms with E-state index in [1.807, 2.05) is 23.9 Å². The molecule has 7 rings (SSSR count). The number of carbonyl (C=O) groups is 1. The number of hydrogen-bond donors (Lipinski definition) is 0. The normalized spacial score (nSPS) is 31.9. The fourth-order valence-electron chi connectivity index (χ4n) is 5.90. The third-order valence-corrected chi connectivity index (χ3v) is 7.28. The largest absolute Gasteiger partial charge is 0.454 e. The lowest BCUT2D eigenvalue weighted by Gasteiger charge is -2.51. The van der Waals surface area contributed by atoms with Crippen LogP contribution in [0.1, 0.15) is 41.6 Å². The first kappa shape index (κ1) is 17.3. The number of aromatic nitrogens is 2. The predicted octanol–water partition coefficient (Wildman–Crippen LogP) is 2.33. The molecule has 0 aliphatic carbocycles. The van der Waals surface area contributed by atoms with Gasteiger partial charge in [0.2, 0.25) is 6.79 Å². The number of aryl methyl sites for hydroxylation is 1. The van der Waals surface area contributed by atoms with Gasteiger partial charge >= 0.3 is 0 Å². The third-order valence-electron chi connectivity index (χ3n) is 7.28. The number of likely N-dealkylation sites (tertiary alicyclic amines) is 1. The highest BCUT2D eigenvalue weighted by atomic mass is 16.7. The maximum atomic E-state index is 13.5. The van der Waals surface area contributed by atoms with Gasteiger partial charge in [0.25, 0.3) is 5.91 Å². The van der Waals surface area contributed by atoms with Gasteiger partial charge in [-0.3, -0.25) is 14.4 Å². The Hall–Kier alpha value is -2.54. The third kappa shape index (κ3) is 2.60. The molecule has 4 saturated heterocycles. The maximum Gasteiger partial charge on any atom is 0.257 e. The molecule has 0 spiro atoms. The number of fused-ring (bicyclic) bond motifs is 3. The number of amides is 1. The number of benzene rings is 1. The van der Waals surface area contributed by atoms with E-state index in [1.165, 1.54) is 18.4 Å². The van der Waals surface area contributed by atoms with Crippen LogP contribution in [0.4, 0.5) is 0 Å². The van der Waals surface area contributed by atoms with Gasteiger partial charge in [-0.25, -0.2) is 0 Å². The molecule has 6 heterocycles. The van der Waals surface area contributed by atoms with Crippen molar-refractivity contribution < 1.29 is 14.3 Å². The van der Waals surface area contributed by atoms with Crippen molar-refractivity contribution in [1.82, 2.24) is 19.6 Å². The Bertz CT molecular complexity index is 949. The molecule has 29 heavy (non-hydrogen) atoms. The molecule has 0 radical (unpaired) electrons. The Kier molecular flexibility index (Phi) is 3.88. The molecule has 1 amide bonds. The van der Waals surface area contributed by atoms with E-state index in [-0.39, 0.29) is 18.7 Å². The first-order valence-corrected chi connectivity index (χ1v) is 10.7. The van der Waals surface area contributed by atoms with Gasteiger partial charge in [-0.1, -0.05) is 6.07 Å². The van der Waals surface area contributed by atoms with Crippen LogP contribution in [0.15, 0.2) is 30.6 Å². The average molecular weight is 394 g/mol. The van der Waals surface area contributed by atoms with Gasteiger partial charge in [-0.15, -0.1) is 0 Å². The SMILES string of the molecule is CCn1cc(C(=O)N2C[C@@H](c3ccc4c(c3)OCO4)[C@@H]3[C@H]2C2CCN3CC2)cn1. The van der Waals surface area contributed by atoms with Crippen LogP contribution in [0.5, 0.6) is 11.5 Å². The topological polar surface area (TPSA) is 59.8 Å². The van der Waals surface area contributed by atoms with Crippen LogP contribution in [-0.4, -0.2) is 64.0 Å². The minimum atomic E-state index is 0.122. The first-order valence-electron chi connectivity index (χ1n) is 10.7.